The molecule has 2 N–H and O–H groups in total. The van der Waals surface area contributed by atoms with Gasteiger partial charge in [0, 0.05) is 42.8 Å². The Bertz CT molecular complexity index is 487. The van der Waals surface area contributed by atoms with Crippen molar-refractivity contribution in [3.8, 4) is 5.75 Å². The molecule has 2 fully saturated rings. The molecule has 0 unspecified atom stereocenters. The summed E-state index contributed by atoms with van der Waals surface area (Å²) in [6.07, 6.45) is 3.50. The van der Waals surface area contributed by atoms with Gasteiger partial charge in [0.25, 0.3) is 0 Å². The summed E-state index contributed by atoms with van der Waals surface area (Å²) in [5.74, 6) is -0.353. The van der Waals surface area contributed by atoms with E-state index in [4.69, 9.17) is 11.6 Å². The van der Waals surface area contributed by atoms with Crippen LogP contribution < -0.4 is 5.32 Å². The highest BCUT2D eigenvalue weighted by Gasteiger charge is 2.35. The lowest BCUT2D eigenvalue weighted by molar-refractivity contribution is 0.0815. The number of hydrogen-bond donors (Lipinski definition) is 2. The van der Waals surface area contributed by atoms with Gasteiger partial charge in [-0.2, -0.15) is 0 Å². The quantitative estimate of drug-likeness (QED) is 0.900. The van der Waals surface area contributed by atoms with E-state index < -0.39 is 5.82 Å². The minimum absolute atomic E-state index is 0.0825. The van der Waals surface area contributed by atoms with Crippen LogP contribution in [0.2, 0.25) is 5.02 Å². The molecule has 1 saturated heterocycles. The highest BCUT2D eigenvalue weighted by atomic mass is 35.5. The lowest BCUT2D eigenvalue weighted by atomic mass is 9.76. The molecule has 0 spiro atoms. The van der Waals surface area contributed by atoms with Crippen molar-refractivity contribution < 1.29 is 9.50 Å². The maximum Gasteiger partial charge on any atom is 0.166 e. The first-order valence-corrected chi connectivity index (χ1v) is 7.67. The van der Waals surface area contributed by atoms with E-state index in [-0.39, 0.29) is 11.8 Å². The topological polar surface area (TPSA) is 35.5 Å². The van der Waals surface area contributed by atoms with Gasteiger partial charge >= 0.3 is 0 Å². The lowest BCUT2D eigenvalue weighted by Crippen LogP contribution is -2.47. The van der Waals surface area contributed by atoms with Crippen LogP contribution in [0.25, 0.3) is 0 Å². The molecule has 1 aromatic rings. The second kappa shape index (κ2) is 5.88. The Labute approximate surface area is 123 Å². The van der Waals surface area contributed by atoms with E-state index in [1.165, 1.54) is 12.5 Å². The van der Waals surface area contributed by atoms with Crippen molar-refractivity contribution in [2.75, 3.05) is 26.2 Å². The molecular weight excluding hydrogens is 279 g/mol. The Morgan fingerprint density at radius 2 is 2.00 bits per heavy atom. The average Bonchev–Trinajstić information content (AvgIpc) is 2.39. The number of aromatic hydroxyl groups is 1. The van der Waals surface area contributed by atoms with E-state index in [1.54, 1.807) is 6.07 Å². The number of nitrogens with zero attached hydrogens (tertiary/aromatic N) is 1. The van der Waals surface area contributed by atoms with Gasteiger partial charge in [0.15, 0.2) is 11.6 Å². The molecule has 3 nitrogen and oxygen atoms in total. The van der Waals surface area contributed by atoms with E-state index >= 15 is 0 Å². The van der Waals surface area contributed by atoms with E-state index in [1.807, 2.05) is 0 Å². The number of phenolic OH excluding ortho intramolecular Hbond substituents is 1. The first-order chi connectivity index (χ1) is 9.66. The zero-order valence-corrected chi connectivity index (χ0v) is 12.2. The largest absolute Gasteiger partial charge is 0.505 e. The number of piperazine rings is 1. The molecule has 1 aliphatic carbocycles. The fourth-order valence-electron chi connectivity index (χ4n) is 3.28. The van der Waals surface area contributed by atoms with Gasteiger partial charge in [0.1, 0.15) is 0 Å². The second-order valence-electron chi connectivity index (χ2n) is 5.75. The van der Waals surface area contributed by atoms with Crippen molar-refractivity contribution in [1.82, 2.24) is 10.2 Å². The molecule has 0 radical (unpaired) electrons. The van der Waals surface area contributed by atoms with Crippen molar-refractivity contribution in [3.63, 3.8) is 0 Å². The summed E-state index contributed by atoms with van der Waals surface area (Å²) in [7, 11) is 0. The zero-order chi connectivity index (χ0) is 14.1. The zero-order valence-electron chi connectivity index (χ0n) is 11.4. The van der Waals surface area contributed by atoms with E-state index in [2.05, 4.69) is 10.2 Å². The number of benzene rings is 1. The lowest BCUT2D eigenvalue weighted by Gasteiger charge is -2.43. The summed E-state index contributed by atoms with van der Waals surface area (Å²) < 4.78 is 13.8. The van der Waals surface area contributed by atoms with Crippen LogP contribution in [-0.2, 0) is 0 Å². The second-order valence-corrected chi connectivity index (χ2v) is 6.18. The Morgan fingerprint density at radius 3 is 2.60 bits per heavy atom. The number of phenols is 1. The van der Waals surface area contributed by atoms with Crippen LogP contribution in [0, 0.1) is 11.7 Å². The summed E-state index contributed by atoms with van der Waals surface area (Å²) in [6.45, 7) is 3.73. The summed E-state index contributed by atoms with van der Waals surface area (Å²) in [6, 6.07) is 2.99. The van der Waals surface area contributed by atoms with Crippen LogP contribution in [0.5, 0.6) is 5.75 Å². The predicted octanol–water partition coefficient (Wildman–Crippen LogP) is 2.93. The fraction of sp³-hybridized carbons (Fsp3) is 0.600. The maximum absolute atomic E-state index is 13.8. The molecule has 0 bridgehead atoms. The molecule has 1 aromatic carbocycles. The number of nitrogens with one attached hydrogen (secondary N) is 1. The van der Waals surface area contributed by atoms with E-state index in [9.17, 15) is 9.50 Å². The molecular formula is C15H20ClFN2O. The standard InChI is InChI=1S/C15H20ClFN2O/c16-11-8-12(15(20)13(17)9-11)14(10-2-1-3-10)19-6-4-18-5-7-19/h8-10,14,18,20H,1-7H2/t14-/m1/s1. The smallest absolute Gasteiger partial charge is 0.166 e. The Kier molecular flexibility index (Phi) is 4.15. The minimum atomic E-state index is -0.619. The molecule has 3 rings (SSSR count). The van der Waals surface area contributed by atoms with Gasteiger partial charge < -0.3 is 10.4 Å². The molecule has 110 valence electrons. The molecule has 5 heteroatoms. The first kappa shape index (κ1) is 14.1. The van der Waals surface area contributed by atoms with E-state index in [0.717, 1.165) is 39.0 Å². The third-order valence-electron chi connectivity index (χ3n) is 4.52. The van der Waals surface area contributed by atoms with Crippen LogP contribution in [-0.4, -0.2) is 36.2 Å². The summed E-state index contributed by atoms with van der Waals surface area (Å²) in [5, 5.41) is 13.8. The molecule has 2 aliphatic rings. The Hall–Kier alpha value is -0.840. The van der Waals surface area contributed by atoms with Crippen molar-refractivity contribution in [3.05, 3.63) is 28.5 Å². The normalized spacial score (nSPS) is 22.5. The molecule has 1 saturated carbocycles. The first-order valence-electron chi connectivity index (χ1n) is 7.29. The highest BCUT2D eigenvalue weighted by Crippen LogP contribution is 2.45. The van der Waals surface area contributed by atoms with Crippen molar-refractivity contribution >= 4 is 11.6 Å². The summed E-state index contributed by atoms with van der Waals surface area (Å²) >= 11 is 5.99. The Morgan fingerprint density at radius 1 is 1.30 bits per heavy atom. The van der Waals surface area contributed by atoms with Crippen molar-refractivity contribution in [1.29, 1.82) is 0 Å². The van der Waals surface area contributed by atoms with Gasteiger partial charge in [0.2, 0.25) is 0 Å². The third-order valence-corrected chi connectivity index (χ3v) is 4.74. The highest BCUT2D eigenvalue weighted by molar-refractivity contribution is 6.30. The van der Waals surface area contributed by atoms with Crippen LogP contribution in [0.15, 0.2) is 12.1 Å². The van der Waals surface area contributed by atoms with Crippen molar-refractivity contribution in [2.45, 2.75) is 25.3 Å². The Balaban J connectivity index is 1.96. The molecule has 1 heterocycles. The van der Waals surface area contributed by atoms with Gasteiger partial charge in [-0.15, -0.1) is 0 Å². The molecule has 0 amide bonds. The number of hydrogen-bond acceptors (Lipinski definition) is 3. The fourth-order valence-corrected chi connectivity index (χ4v) is 3.49. The van der Waals surface area contributed by atoms with Gasteiger partial charge in [0.05, 0.1) is 0 Å². The maximum atomic E-state index is 13.8. The average molecular weight is 299 g/mol. The minimum Gasteiger partial charge on any atom is -0.505 e. The summed E-state index contributed by atoms with van der Waals surface area (Å²) in [4.78, 5) is 2.35. The third kappa shape index (κ3) is 2.65. The molecule has 0 aromatic heterocycles. The molecule has 20 heavy (non-hydrogen) atoms. The van der Waals surface area contributed by atoms with Gasteiger partial charge in [-0.3, -0.25) is 4.90 Å². The molecule has 1 aliphatic heterocycles. The van der Waals surface area contributed by atoms with Gasteiger partial charge in [-0.1, -0.05) is 18.0 Å². The predicted molar refractivity (Wildman–Crippen MR) is 77.6 cm³/mol. The van der Waals surface area contributed by atoms with E-state index in [0.29, 0.717) is 16.5 Å². The van der Waals surface area contributed by atoms with Crippen molar-refractivity contribution in [2.24, 2.45) is 5.92 Å². The number of halogens is 2. The SMILES string of the molecule is Oc1c(F)cc(Cl)cc1[C@@H](C1CCC1)N1CCNCC1. The van der Waals surface area contributed by atoms with Gasteiger partial charge in [-0.25, -0.2) is 4.39 Å². The van der Waals surface area contributed by atoms with Gasteiger partial charge in [-0.05, 0) is 30.9 Å². The van der Waals surface area contributed by atoms with Crippen LogP contribution >= 0.6 is 11.6 Å². The number of rotatable bonds is 3. The van der Waals surface area contributed by atoms with Crippen LogP contribution in [0.4, 0.5) is 4.39 Å². The summed E-state index contributed by atoms with van der Waals surface area (Å²) in [5.41, 5.74) is 0.654. The van der Waals surface area contributed by atoms with Crippen LogP contribution in [0.3, 0.4) is 0 Å². The van der Waals surface area contributed by atoms with Crippen LogP contribution in [0.1, 0.15) is 30.9 Å². The molecule has 1 atom stereocenters. The monoisotopic (exact) mass is 298 g/mol.